The average Bonchev–Trinajstić information content (AvgIpc) is 3.32. The van der Waals surface area contributed by atoms with Gasteiger partial charge in [0.25, 0.3) is 0 Å². The lowest BCUT2D eigenvalue weighted by molar-refractivity contribution is -0.134. The molecule has 2 aliphatic rings. The van der Waals surface area contributed by atoms with Crippen molar-refractivity contribution in [1.29, 1.82) is 0 Å². The fourth-order valence-corrected chi connectivity index (χ4v) is 3.68. The number of hydrogen-bond acceptors (Lipinski definition) is 6. The standard InChI is InChI=1S/C18H24N6O2/c1-14-20-4-6-23(14)17-12-19-11-15(21-17)16-3-2-5-24(16)18(25)13-22-7-9-26-10-8-22/h4,6,11-12,16H,2-3,5,7-10,13H2,1H3/t16-/m0/s1. The van der Waals surface area contributed by atoms with Gasteiger partial charge in [-0.15, -0.1) is 0 Å². The minimum Gasteiger partial charge on any atom is -0.379 e. The number of imidazole rings is 1. The molecule has 4 rings (SSSR count). The van der Waals surface area contributed by atoms with Gasteiger partial charge in [-0.3, -0.25) is 19.2 Å². The molecule has 4 heterocycles. The van der Waals surface area contributed by atoms with Crippen molar-refractivity contribution in [1.82, 2.24) is 29.3 Å². The largest absolute Gasteiger partial charge is 0.379 e. The number of nitrogens with zero attached hydrogens (tertiary/aromatic N) is 6. The summed E-state index contributed by atoms with van der Waals surface area (Å²) in [5.41, 5.74) is 0.850. The van der Waals surface area contributed by atoms with E-state index in [9.17, 15) is 4.79 Å². The molecule has 2 aromatic heterocycles. The van der Waals surface area contributed by atoms with Crippen molar-refractivity contribution in [2.24, 2.45) is 0 Å². The Balaban J connectivity index is 1.51. The molecule has 0 N–H and O–H groups in total. The van der Waals surface area contributed by atoms with Gasteiger partial charge >= 0.3 is 0 Å². The van der Waals surface area contributed by atoms with Crippen molar-refractivity contribution in [3.63, 3.8) is 0 Å². The molecule has 0 aliphatic carbocycles. The first-order chi connectivity index (χ1) is 12.7. The fourth-order valence-electron chi connectivity index (χ4n) is 3.68. The number of aryl methyl sites for hydroxylation is 1. The zero-order valence-electron chi connectivity index (χ0n) is 15.0. The van der Waals surface area contributed by atoms with Crippen LogP contribution in [0.15, 0.2) is 24.8 Å². The van der Waals surface area contributed by atoms with E-state index < -0.39 is 0 Å². The molecule has 0 spiro atoms. The summed E-state index contributed by atoms with van der Waals surface area (Å²) in [4.78, 5) is 30.3. The first kappa shape index (κ1) is 17.1. The van der Waals surface area contributed by atoms with Crippen LogP contribution in [0, 0.1) is 6.92 Å². The van der Waals surface area contributed by atoms with Crippen LogP contribution in [-0.4, -0.2) is 74.6 Å². The second-order valence-corrected chi connectivity index (χ2v) is 6.78. The molecule has 0 radical (unpaired) electrons. The van der Waals surface area contributed by atoms with Crippen molar-refractivity contribution in [2.75, 3.05) is 39.4 Å². The number of likely N-dealkylation sites (tertiary alicyclic amines) is 1. The molecule has 8 nitrogen and oxygen atoms in total. The molecule has 1 amide bonds. The maximum atomic E-state index is 12.8. The smallest absolute Gasteiger partial charge is 0.237 e. The van der Waals surface area contributed by atoms with Crippen LogP contribution in [0.25, 0.3) is 5.82 Å². The Morgan fingerprint density at radius 3 is 2.88 bits per heavy atom. The van der Waals surface area contributed by atoms with E-state index in [1.807, 2.05) is 22.6 Å². The minimum absolute atomic E-state index is 0.000168. The average molecular weight is 356 g/mol. The molecule has 0 aromatic carbocycles. The van der Waals surface area contributed by atoms with Gasteiger partial charge in [0.05, 0.1) is 43.9 Å². The Hall–Kier alpha value is -2.32. The van der Waals surface area contributed by atoms with Crippen LogP contribution in [0.1, 0.15) is 30.4 Å². The van der Waals surface area contributed by atoms with E-state index >= 15 is 0 Å². The summed E-state index contributed by atoms with van der Waals surface area (Å²) in [7, 11) is 0. The maximum absolute atomic E-state index is 12.8. The van der Waals surface area contributed by atoms with E-state index in [-0.39, 0.29) is 11.9 Å². The minimum atomic E-state index is -0.000168. The summed E-state index contributed by atoms with van der Waals surface area (Å²) in [6.07, 6.45) is 9.05. The number of aromatic nitrogens is 4. The van der Waals surface area contributed by atoms with Crippen molar-refractivity contribution in [2.45, 2.75) is 25.8 Å². The molecule has 26 heavy (non-hydrogen) atoms. The zero-order chi connectivity index (χ0) is 17.9. The molecule has 2 aromatic rings. The predicted molar refractivity (Wildman–Crippen MR) is 94.8 cm³/mol. The van der Waals surface area contributed by atoms with Crippen molar-refractivity contribution in [3.05, 3.63) is 36.3 Å². The Kier molecular flexibility index (Phi) is 4.94. The van der Waals surface area contributed by atoms with Crippen LogP contribution in [0.4, 0.5) is 0 Å². The SMILES string of the molecule is Cc1nccn1-c1cncc([C@@H]2CCCN2C(=O)CN2CCOCC2)n1. The summed E-state index contributed by atoms with van der Waals surface area (Å²) < 4.78 is 7.27. The maximum Gasteiger partial charge on any atom is 0.237 e. The molecule has 2 saturated heterocycles. The van der Waals surface area contributed by atoms with Crippen LogP contribution in [0.2, 0.25) is 0 Å². The van der Waals surface area contributed by atoms with Gasteiger partial charge in [-0.2, -0.15) is 0 Å². The summed E-state index contributed by atoms with van der Waals surface area (Å²) in [5, 5.41) is 0. The highest BCUT2D eigenvalue weighted by Crippen LogP contribution is 2.31. The van der Waals surface area contributed by atoms with E-state index in [1.54, 1.807) is 18.6 Å². The number of amides is 1. The lowest BCUT2D eigenvalue weighted by Gasteiger charge is -2.30. The number of hydrogen-bond donors (Lipinski definition) is 0. The molecule has 1 atom stereocenters. The van der Waals surface area contributed by atoms with Gasteiger partial charge in [0.1, 0.15) is 5.82 Å². The zero-order valence-corrected chi connectivity index (χ0v) is 15.0. The number of carbonyl (C=O) groups excluding carboxylic acids is 1. The fraction of sp³-hybridized carbons (Fsp3) is 0.556. The Morgan fingerprint density at radius 1 is 1.27 bits per heavy atom. The monoisotopic (exact) mass is 356 g/mol. The molecule has 8 heteroatoms. The van der Waals surface area contributed by atoms with Crippen molar-refractivity contribution in [3.8, 4) is 5.82 Å². The van der Waals surface area contributed by atoms with Gasteiger partial charge < -0.3 is 9.64 Å². The quantitative estimate of drug-likeness (QED) is 0.812. The summed E-state index contributed by atoms with van der Waals surface area (Å²) in [6.45, 7) is 6.21. The van der Waals surface area contributed by atoms with Gasteiger partial charge in [-0.25, -0.2) is 9.97 Å². The Bertz CT molecular complexity index is 771. The van der Waals surface area contributed by atoms with E-state index in [0.29, 0.717) is 19.8 Å². The lowest BCUT2D eigenvalue weighted by atomic mass is 10.1. The van der Waals surface area contributed by atoms with Crippen LogP contribution in [-0.2, 0) is 9.53 Å². The van der Waals surface area contributed by atoms with E-state index in [0.717, 1.165) is 49.8 Å². The number of ether oxygens (including phenoxy) is 1. The highest BCUT2D eigenvalue weighted by atomic mass is 16.5. The van der Waals surface area contributed by atoms with E-state index in [2.05, 4.69) is 14.9 Å². The van der Waals surface area contributed by atoms with E-state index in [1.165, 1.54) is 0 Å². The van der Waals surface area contributed by atoms with Gasteiger partial charge in [0.2, 0.25) is 5.91 Å². The molecule has 2 fully saturated rings. The second kappa shape index (κ2) is 7.51. The number of rotatable bonds is 4. The van der Waals surface area contributed by atoms with Crippen LogP contribution >= 0.6 is 0 Å². The highest BCUT2D eigenvalue weighted by molar-refractivity contribution is 5.79. The summed E-state index contributed by atoms with van der Waals surface area (Å²) in [6, 6.07) is -0.000168. The molecule has 0 bridgehead atoms. The summed E-state index contributed by atoms with van der Waals surface area (Å²) in [5.74, 6) is 1.77. The Morgan fingerprint density at radius 2 is 2.12 bits per heavy atom. The normalized spacial score (nSPS) is 21.3. The van der Waals surface area contributed by atoms with Gasteiger partial charge in [-0.05, 0) is 19.8 Å². The molecular weight excluding hydrogens is 332 g/mol. The third-order valence-electron chi connectivity index (χ3n) is 5.09. The molecule has 138 valence electrons. The highest BCUT2D eigenvalue weighted by Gasteiger charge is 2.32. The molecule has 2 aliphatic heterocycles. The molecular formula is C18H24N6O2. The van der Waals surface area contributed by atoms with Crippen molar-refractivity contribution >= 4 is 5.91 Å². The topological polar surface area (TPSA) is 76.4 Å². The van der Waals surface area contributed by atoms with Gasteiger partial charge in [-0.1, -0.05) is 0 Å². The van der Waals surface area contributed by atoms with Crippen LogP contribution in [0.3, 0.4) is 0 Å². The van der Waals surface area contributed by atoms with Gasteiger partial charge in [0, 0.05) is 32.0 Å². The van der Waals surface area contributed by atoms with Crippen LogP contribution < -0.4 is 0 Å². The van der Waals surface area contributed by atoms with E-state index in [4.69, 9.17) is 9.72 Å². The summed E-state index contributed by atoms with van der Waals surface area (Å²) >= 11 is 0. The second-order valence-electron chi connectivity index (χ2n) is 6.78. The van der Waals surface area contributed by atoms with Crippen LogP contribution in [0.5, 0.6) is 0 Å². The number of carbonyl (C=O) groups is 1. The first-order valence-corrected chi connectivity index (χ1v) is 9.14. The third kappa shape index (κ3) is 3.47. The predicted octanol–water partition coefficient (Wildman–Crippen LogP) is 0.966. The lowest BCUT2D eigenvalue weighted by Crippen LogP contribution is -2.44. The first-order valence-electron chi connectivity index (χ1n) is 9.14. The molecule has 0 saturated carbocycles. The van der Waals surface area contributed by atoms with Crippen molar-refractivity contribution < 1.29 is 9.53 Å². The molecule has 0 unspecified atom stereocenters. The number of morpholine rings is 1. The Labute approximate surface area is 152 Å². The van der Waals surface area contributed by atoms with Gasteiger partial charge in [0.15, 0.2) is 5.82 Å². The third-order valence-corrected chi connectivity index (χ3v) is 5.09.